The number of urea groups is 1. The molecule has 3 fully saturated rings. The van der Waals surface area contributed by atoms with Gasteiger partial charge in [-0.15, -0.1) is 0 Å². The number of rotatable bonds is 3. The third kappa shape index (κ3) is 2.53. The molecule has 2 saturated heterocycles. The molecule has 8 heteroatoms. The highest BCUT2D eigenvalue weighted by molar-refractivity contribution is 6.07. The van der Waals surface area contributed by atoms with Gasteiger partial charge in [0.2, 0.25) is 5.91 Å². The number of imide groups is 1. The topological polar surface area (TPSA) is 107 Å². The minimum atomic E-state index is -1.11. The number of hydrogen-bond acceptors (Lipinski definition) is 4. The fraction of sp³-hybridized carbons (Fsp3) is 0.750. The molecule has 132 valence electrons. The predicted molar refractivity (Wildman–Crippen MR) is 83.0 cm³/mol. The van der Waals surface area contributed by atoms with Gasteiger partial charge in [0.15, 0.2) is 0 Å². The van der Waals surface area contributed by atoms with E-state index in [0.717, 1.165) is 25.7 Å². The second kappa shape index (κ2) is 5.75. The van der Waals surface area contributed by atoms with E-state index in [1.807, 2.05) is 0 Å². The number of carboxylic acid groups (broad SMARTS) is 1. The Morgan fingerprint density at radius 1 is 1.25 bits per heavy atom. The van der Waals surface area contributed by atoms with E-state index in [4.69, 9.17) is 0 Å². The lowest BCUT2D eigenvalue weighted by Crippen LogP contribution is -2.53. The molecule has 3 aliphatic rings. The van der Waals surface area contributed by atoms with Gasteiger partial charge in [-0.2, -0.15) is 0 Å². The summed E-state index contributed by atoms with van der Waals surface area (Å²) in [5.41, 5.74) is -1.11. The van der Waals surface area contributed by atoms with E-state index in [-0.39, 0.29) is 18.5 Å². The number of nitrogens with zero attached hydrogens (tertiary/aromatic N) is 2. The Bertz CT molecular complexity index is 603. The maximum absolute atomic E-state index is 12.8. The summed E-state index contributed by atoms with van der Waals surface area (Å²) < 4.78 is 0. The molecule has 0 radical (unpaired) electrons. The summed E-state index contributed by atoms with van der Waals surface area (Å²) in [4.78, 5) is 50.9. The molecule has 3 rings (SSSR count). The van der Waals surface area contributed by atoms with Crippen molar-refractivity contribution in [2.75, 3.05) is 6.54 Å². The van der Waals surface area contributed by atoms with Crippen LogP contribution in [0.15, 0.2) is 0 Å². The summed E-state index contributed by atoms with van der Waals surface area (Å²) in [6.45, 7) is 2.86. The fourth-order valence-electron chi connectivity index (χ4n) is 4.22. The number of carbonyl (C=O) groups excluding carboxylic acids is 3. The maximum Gasteiger partial charge on any atom is 0.326 e. The summed E-state index contributed by atoms with van der Waals surface area (Å²) in [6.07, 6.45) is 4.25. The molecule has 2 N–H and O–H groups in total. The van der Waals surface area contributed by atoms with Gasteiger partial charge in [0.1, 0.15) is 18.1 Å². The predicted octanol–water partition coefficient (Wildman–Crippen LogP) is 0.561. The lowest BCUT2D eigenvalue weighted by atomic mass is 9.85. The van der Waals surface area contributed by atoms with Crippen molar-refractivity contribution in [2.45, 2.75) is 63.6 Å². The number of hydrogen-bond donors (Lipinski definition) is 2. The van der Waals surface area contributed by atoms with Crippen molar-refractivity contribution < 1.29 is 24.3 Å². The van der Waals surface area contributed by atoms with Crippen LogP contribution in [0, 0.1) is 5.92 Å². The Kier molecular flexibility index (Phi) is 4.01. The Morgan fingerprint density at radius 3 is 2.50 bits per heavy atom. The Hall–Kier alpha value is -2.12. The molecule has 3 atom stereocenters. The molecular weight excluding hydrogens is 314 g/mol. The molecule has 0 bridgehead atoms. The molecular formula is C16H23N3O5. The van der Waals surface area contributed by atoms with Crippen LogP contribution < -0.4 is 5.32 Å². The Balaban J connectivity index is 1.81. The van der Waals surface area contributed by atoms with E-state index in [1.165, 1.54) is 9.80 Å². The molecule has 0 aromatic carbocycles. The number of nitrogens with one attached hydrogen (secondary N) is 1. The Morgan fingerprint density at radius 2 is 1.92 bits per heavy atom. The Labute approximate surface area is 140 Å². The van der Waals surface area contributed by atoms with Gasteiger partial charge in [-0.05, 0) is 39.0 Å². The smallest absolute Gasteiger partial charge is 0.326 e. The summed E-state index contributed by atoms with van der Waals surface area (Å²) >= 11 is 0. The number of carboxylic acids is 1. The summed E-state index contributed by atoms with van der Waals surface area (Å²) in [5, 5.41) is 11.7. The molecule has 0 aromatic heterocycles. The van der Waals surface area contributed by atoms with Crippen LogP contribution in [0.5, 0.6) is 0 Å². The molecule has 1 saturated carbocycles. The molecule has 0 spiro atoms. The highest BCUT2D eigenvalue weighted by Crippen LogP contribution is 2.40. The maximum atomic E-state index is 12.8. The molecule has 2 heterocycles. The van der Waals surface area contributed by atoms with Crippen molar-refractivity contribution in [1.82, 2.24) is 15.1 Å². The average molecular weight is 337 g/mol. The first-order chi connectivity index (χ1) is 11.2. The zero-order chi connectivity index (χ0) is 17.6. The van der Waals surface area contributed by atoms with Crippen molar-refractivity contribution in [1.29, 1.82) is 0 Å². The number of likely N-dealkylation sites (tertiary alicyclic amines) is 1. The largest absolute Gasteiger partial charge is 0.480 e. The van der Waals surface area contributed by atoms with E-state index >= 15 is 0 Å². The van der Waals surface area contributed by atoms with Gasteiger partial charge >= 0.3 is 12.0 Å². The van der Waals surface area contributed by atoms with Gasteiger partial charge in [0.05, 0.1) is 0 Å². The monoisotopic (exact) mass is 337 g/mol. The van der Waals surface area contributed by atoms with Crippen LogP contribution in [0.4, 0.5) is 4.79 Å². The van der Waals surface area contributed by atoms with Crippen molar-refractivity contribution in [3.8, 4) is 0 Å². The first-order valence-corrected chi connectivity index (χ1v) is 8.40. The third-order valence-electron chi connectivity index (χ3n) is 5.65. The van der Waals surface area contributed by atoms with E-state index in [9.17, 15) is 24.3 Å². The molecule has 0 unspecified atom stereocenters. The fourth-order valence-corrected chi connectivity index (χ4v) is 4.22. The molecule has 24 heavy (non-hydrogen) atoms. The standard InChI is InChI=1S/C16H23N3O5/c1-16(2)14(23)17-15(24)18(16)8-12(20)19-10-6-4-3-5-9(10)7-11(19)13(21)22/h9-11H,3-8H2,1-2H3,(H,21,22)(H,17,23,24)/t9-,10+,11+/m1/s1. The van der Waals surface area contributed by atoms with Crippen molar-refractivity contribution in [2.24, 2.45) is 5.92 Å². The van der Waals surface area contributed by atoms with Gasteiger partial charge in [-0.1, -0.05) is 12.8 Å². The number of aliphatic carboxylic acids is 1. The zero-order valence-electron chi connectivity index (χ0n) is 13.9. The van der Waals surface area contributed by atoms with E-state index in [1.54, 1.807) is 13.8 Å². The summed E-state index contributed by atoms with van der Waals surface area (Å²) in [7, 11) is 0. The number of fused-ring (bicyclic) bond motifs is 1. The molecule has 1 aliphatic carbocycles. The lowest BCUT2D eigenvalue weighted by molar-refractivity contribution is -0.150. The van der Waals surface area contributed by atoms with Gasteiger partial charge in [-0.25, -0.2) is 9.59 Å². The van der Waals surface area contributed by atoms with Gasteiger partial charge in [0, 0.05) is 6.04 Å². The second-order valence-corrected chi connectivity index (χ2v) is 7.41. The first-order valence-electron chi connectivity index (χ1n) is 8.40. The number of carbonyl (C=O) groups is 4. The normalized spacial score (nSPS) is 31.8. The third-order valence-corrected chi connectivity index (χ3v) is 5.65. The van der Waals surface area contributed by atoms with Crippen molar-refractivity contribution in [3.63, 3.8) is 0 Å². The van der Waals surface area contributed by atoms with E-state index < -0.39 is 35.4 Å². The van der Waals surface area contributed by atoms with Crippen LogP contribution >= 0.6 is 0 Å². The van der Waals surface area contributed by atoms with Crippen LogP contribution in [-0.4, -0.2) is 62.9 Å². The van der Waals surface area contributed by atoms with Crippen molar-refractivity contribution >= 4 is 23.8 Å². The quantitative estimate of drug-likeness (QED) is 0.732. The minimum absolute atomic E-state index is 0.0724. The van der Waals surface area contributed by atoms with Gasteiger partial charge in [0.25, 0.3) is 5.91 Å². The lowest BCUT2D eigenvalue weighted by Gasteiger charge is -2.35. The highest BCUT2D eigenvalue weighted by Gasteiger charge is 2.51. The van der Waals surface area contributed by atoms with E-state index in [2.05, 4.69) is 5.32 Å². The van der Waals surface area contributed by atoms with Gasteiger partial charge in [-0.3, -0.25) is 14.9 Å². The summed E-state index contributed by atoms with van der Waals surface area (Å²) in [6, 6.07) is -1.52. The molecule has 8 nitrogen and oxygen atoms in total. The second-order valence-electron chi connectivity index (χ2n) is 7.41. The van der Waals surface area contributed by atoms with Crippen LogP contribution in [0.2, 0.25) is 0 Å². The zero-order valence-corrected chi connectivity index (χ0v) is 13.9. The molecule has 2 aliphatic heterocycles. The van der Waals surface area contributed by atoms with E-state index in [0.29, 0.717) is 6.42 Å². The average Bonchev–Trinajstić information content (AvgIpc) is 2.99. The first kappa shape index (κ1) is 16.7. The van der Waals surface area contributed by atoms with Crippen LogP contribution in [0.25, 0.3) is 0 Å². The SMILES string of the molecule is CC1(C)C(=O)NC(=O)N1CC(=O)N1[C@H](C(=O)O)C[C@H]2CCCC[C@@H]21. The van der Waals surface area contributed by atoms with Gasteiger partial charge < -0.3 is 14.9 Å². The van der Waals surface area contributed by atoms with Crippen LogP contribution in [0.1, 0.15) is 46.0 Å². The molecule has 0 aromatic rings. The number of amides is 4. The minimum Gasteiger partial charge on any atom is -0.480 e. The van der Waals surface area contributed by atoms with Crippen molar-refractivity contribution in [3.05, 3.63) is 0 Å². The molecule has 4 amide bonds. The summed E-state index contributed by atoms with van der Waals surface area (Å²) in [5.74, 6) is -1.63. The highest BCUT2D eigenvalue weighted by atomic mass is 16.4. The van der Waals surface area contributed by atoms with Crippen LogP contribution in [0.3, 0.4) is 0 Å². The van der Waals surface area contributed by atoms with Crippen LogP contribution in [-0.2, 0) is 14.4 Å².